The lowest BCUT2D eigenvalue weighted by Gasteiger charge is -2.26. The monoisotopic (exact) mass is 442 g/mol. The summed E-state index contributed by atoms with van der Waals surface area (Å²) >= 11 is 0. The molecule has 0 aromatic heterocycles. The largest absolute Gasteiger partial charge is 0.466 e. The Morgan fingerprint density at radius 2 is 1.23 bits per heavy atom. The Morgan fingerprint density at radius 3 is 1.71 bits per heavy atom. The molecule has 0 unspecified atom stereocenters. The minimum absolute atomic E-state index is 0.0906. The van der Waals surface area contributed by atoms with Crippen molar-refractivity contribution in [1.29, 1.82) is 0 Å². The van der Waals surface area contributed by atoms with Crippen molar-refractivity contribution in [2.24, 2.45) is 5.92 Å². The van der Waals surface area contributed by atoms with E-state index in [2.05, 4.69) is 34.7 Å². The third-order valence-electron chi connectivity index (χ3n) is 5.29. The van der Waals surface area contributed by atoms with Gasteiger partial charge in [-0.15, -0.1) is 0 Å². The van der Waals surface area contributed by atoms with Gasteiger partial charge >= 0.3 is 11.9 Å². The molecule has 3 N–H and O–H groups in total. The maximum atomic E-state index is 11.7. The van der Waals surface area contributed by atoms with Crippen molar-refractivity contribution in [3.8, 4) is 0 Å². The van der Waals surface area contributed by atoms with Gasteiger partial charge in [-0.1, -0.05) is 13.8 Å². The molecule has 0 amide bonds. The van der Waals surface area contributed by atoms with Gasteiger partial charge < -0.3 is 30.3 Å². The molecule has 0 saturated carbocycles. The van der Waals surface area contributed by atoms with Gasteiger partial charge in [0, 0.05) is 65.3 Å². The smallest absolute Gasteiger partial charge is 0.307 e. The van der Waals surface area contributed by atoms with Crippen LogP contribution in [0.15, 0.2) is 0 Å². The van der Waals surface area contributed by atoms with Crippen molar-refractivity contribution in [3.63, 3.8) is 0 Å². The summed E-state index contributed by atoms with van der Waals surface area (Å²) in [5, 5.41) is 9.74. The number of nitrogens with one attached hydrogen (secondary N) is 3. The van der Waals surface area contributed by atoms with Crippen molar-refractivity contribution in [2.45, 2.75) is 58.8 Å². The van der Waals surface area contributed by atoms with E-state index in [1.807, 2.05) is 0 Å². The van der Waals surface area contributed by atoms with Gasteiger partial charge in [-0.25, -0.2) is 0 Å². The summed E-state index contributed by atoms with van der Waals surface area (Å²) in [6.45, 7) is 14.6. The molecule has 0 aliphatic carbocycles. The van der Waals surface area contributed by atoms with Gasteiger partial charge in [-0.3, -0.25) is 9.59 Å². The Hall–Kier alpha value is -1.22. The fraction of sp³-hybridized carbons (Fsp3) is 0.913. The molecule has 0 spiro atoms. The molecule has 0 atom stereocenters. The Balaban J connectivity index is 0.000000683. The fourth-order valence-electron chi connectivity index (χ4n) is 3.27. The zero-order valence-electron chi connectivity index (χ0n) is 19.9. The van der Waals surface area contributed by atoms with Crippen molar-refractivity contribution < 1.29 is 19.1 Å². The number of ether oxygens (including phenoxy) is 2. The first-order chi connectivity index (χ1) is 15.1. The van der Waals surface area contributed by atoms with Gasteiger partial charge in [-0.2, -0.15) is 0 Å². The lowest BCUT2D eigenvalue weighted by molar-refractivity contribution is -0.145. The summed E-state index contributed by atoms with van der Waals surface area (Å²) in [4.78, 5) is 25.4. The number of carbonyl (C=O) groups excluding carboxylic acids is 2. The molecule has 2 heterocycles. The van der Waals surface area contributed by atoms with Crippen LogP contribution in [0, 0.1) is 5.92 Å². The molecular weight excluding hydrogens is 396 g/mol. The molecule has 2 saturated heterocycles. The first-order valence-electron chi connectivity index (χ1n) is 12.2. The molecule has 2 aliphatic heterocycles. The molecule has 0 aromatic carbocycles. The minimum atomic E-state index is -0.0994. The van der Waals surface area contributed by atoms with Crippen LogP contribution in [0.25, 0.3) is 0 Å². The van der Waals surface area contributed by atoms with Crippen LogP contribution in [-0.2, 0) is 19.1 Å². The van der Waals surface area contributed by atoms with Crippen LogP contribution in [0.2, 0.25) is 0 Å². The first kappa shape index (κ1) is 27.8. The number of esters is 2. The number of unbranched alkanes of at least 4 members (excludes halogenated alkanes) is 3. The molecule has 31 heavy (non-hydrogen) atoms. The molecule has 0 bridgehead atoms. The molecule has 2 aliphatic rings. The molecule has 8 heteroatoms. The topological polar surface area (TPSA) is 91.9 Å². The van der Waals surface area contributed by atoms with Gasteiger partial charge in [0.15, 0.2) is 0 Å². The SMILES string of the molecule is C1CNCCN1.CC(C)CCC(=O)OCCCCCCOC(=O)CCN1CCNCC1. The summed E-state index contributed by atoms with van der Waals surface area (Å²) < 4.78 is 10.5. The molecule has 2 fully saturated rings. The van der Waals surface area contributed by atoms with Crippen molar-refractivity contribution in [2.75, 3.05) is 72.1 Å². The van der Waals surface area contributed by atoms with Crippen molar-refractivity contribution in [1.82, 2.24) is 20.9 Å². The second kappa shape index (κ2) is 19.5. The molecule has 0 radical (unpaired) electrons. The third kappa shape index (κ3) is 18.1. The summed E-state index contributed by atoms with van der Waals surface area (Å²) in [7, 11) is 0. The van der Waals surface area contributed by atoms with Crippen LogP contribution in [-0.4, -0.2) is 89.0 Å². The average Bonchev–Trinajstić information content (AvgIpc) is 2.80. The Labute approximate surface area is 189 Å². The lowest BCUT2D eigenvalue weighted by atomic mass is 10.1. The van der Waals surface area contributed by atoms with Crippen LogP contribution in [0.4, 0.5) is 0 Å². The van der Waals surface area contributed by atoms with E-state index in [9.17, 15) is 9.59 Å². The second-order valence-corrected chi connectivity index (χ2v) is 8.63. The van der Waals surface area contributed by atoms with E-state index in [0.717, 1.165) is 91.0 Å². The van der Waals surface area contributed by atoms with Gasteiger partial charge in [0.25, 0.3) is 0 Å². The van der Waals surface area contributed by atoms with Crippen LogP contribution in [0.5, 0.6) is 0 Å². The number of hydrogen-bond donors (Lipinski definition) is 3. The van der Waals surface area contributed by atoms with Gasteiger partial charge in [0.1, 0.15) is 0 Å². The highest BCUT2D eigenvalue weighted by Gasteiger charge is 2.11. The van der Waals surface area contributed by atoms with Crippen molar-refractivity contribution >= 4 is 11.9 Å². The van der Waals surface area contributed by atoms with Crippen molar-refractivity contribution in [3.05, 3.63) is 0 Å². The van der Waals surface area contributed by atoms with Crippen LogP contribution in [0.1, 0.15) is 58.8 Å². The van der Waals surface area contributed by atoms with E-state index in [1.165, 1.54) is 0 Å². The Morgan fingerprint density at radius 1 is 0.742 bits per heavy atom. The maximum absolute atomic E-state index is 11.7. The van der Waals surface area contributed by atoms with Gasteiger partial charge in [0.2, 0.25) is 0 Å². The van der Waals surface area contributed by atoms with E-state index in [-0.39, 0.29) is 11.9 Å². The van der Waals surface area contributed by atoms with E-state index in [4.69, 9.17) is 9.47 Å². The summed E-state index contributed by atoms with van der Waals surface area (Å²) in [6.07, 6.45) is 5.63. The maximum Gasteiger partial charge on any atom is 0.307 e. The number of carbonyl (C=O) groups is 2. The number of piperazine rings is 2. The standard InChI is InChI=1S/C19H36N2O4.C4H10N2/c1-17(2)7-8-18(22)24-15-5-3-4-6-16-25-19(23)9-12-21-13-10-20-11-14-21;1-2-6-4-3-5-1/h17,20H,3-16H2,1-2H3;5-6H,1-4H2. The highest BCUT2D eigenvalue weighted by atomic mass is 16.5. The molecule has 182 valence electrons. The Kier molecular flexibility index (Phi) is 17.5. The number of hydrogen-bond acceptors (Lipinski definition) is 8. The van der Waals surface area contributed by atoms with E-state index in [0.29, 0.717) is 32.0 Å². The zero-order chi connectivity index (χ0) is 22.6. The fourth-order valence-corrected chi connectivity index (χ4v) is 3.27. The van der Waals surface area contributed by atoms with E-state index < -0.39 is 0 Å². The second-order valence-electron chi connectivity index (χ2n) is 8.63. The third-order valence-corrected chi connectivity index (χ3v) is 5.29. The predicted molar refractivity (Wildman–Crippen MR) is 124 cm³/mol. The normalized spacial score (nSPS) is 17.0. The van der Waals surface area contributed by atoms with Crippen LogP contribution in [0.3, 0.4) is 0 Å². The number of nitrogens with zero attached hydrogens (tertiary/aromatic N) is 1. The summed E-state index contributed by atoms with van der Waals surface area (Å²) in [5.41, 5.74) is 0. The molecular formula is C23H46N4O4. The van der Waals surface area contributed by atoms with Gasteiger partial charge in [-0.05, 0) is 38.0 Å². The van der Waals surface area contributed by atoms with Crippen LogP contribution < -0.4 is 16.0 Å². The highest BCUT2D eigenvalue weighted by Crippen LogP contribution is 2.06. The number of rotatable bonds is 13. The predicted octanol–water partition coefficient (Wildman–Crippen LogP) is 1.54. The molecule has 0 aromatic rings. The van der Waals surface area contributed by atoms with Gasteiger partial charge in [0.05, 0.1) is 19.6 Å². The summed E-state index contributed by atoms with van der Waals surface area (Å²) in [5.74, 6) is 0.344. The van der Waals surface area contributed by atoms with E-state index in [1.54, 1.807) is 0 Å². The Bertz CT molecular complexity index is 441. The average molecular weight is 443 g/mol. The van der Waals surface area contributed by atoms with E-state index >= 15 is 0 Å². The molecule has 8 nitrogen and oxygen atoms in total. The quantitative estimate of drug-likeness (QED) is 0.292. The highest BCUT2D eigenvalue weighted by molar-refractivity contribution is 5.69. The van der Waals surface area contributed by atoms with Crippen LogP contribution >= 0.6 is 0 Å². The first-order valence-corrected chi connectivity index (χ1v) is 12.2. The molecule has 2 rings (SSSR count). The minimum Gasteiger partial charge on any atom is -0.466 e. The lowest BCUT2D eigenvalue weighted by Crippen LogP contribution is -2.44. The zero-order valence-corrected chi connectivity index (χ0v) is 19.9. The summed E-state index contributed by atoms with van der Waals surface area (Å²) in [6, 6.07) is 0.